The minimum Gasteiger partial charge on any atom is -0.490 e. The van der Waals surface area contributed by atoms with E-state index in [4.69, 9.17) is 9.47 Å². The molecule has 2 aromatic rings. The number of benzene rings is 2. The third-order valence-electron chi connectivity index (χ3n) is 4.70. The molecule has 29 heavy (non-hydrogen) atoms. The molecule has 0 bridgehead atoms. The maximum absolute atomic E-state index is 13.0. The van der Waals surface area contributed by atoms with Crippen molar-refractivity contribution in [1.82, 2.24) is 9.62 Å². The Morgan fingerprint density at radius 2 is 1.90 bits per heavy atom. The first-order valence-electron chi connectivity index (χ1n) is 9.10. The number of sulfonamides is 1. The van der Waals surface area contributed by atoms with Gasteiger partial charge in [0, 0.05) is 25.7 Å². The molecule has 2 aromatic carbocycles. The van der Waals surface area contributed by atoms with Gasteiger partial charge in [-0.05, 0) is 17.7 Å². The molecule has 1 aliphatic heterocycles. The van der Waals surface area contributed by atoms with Crippen molar-refractivity contribution in [3.05, 3.63) is 64.2 Å². The lowest BCUT2D eigenvalue weighted by atomic mass is 10.1. The summed E-state index contributed by atoms with van der Waals surface area (Å²) >= 11 is 0. The van der Waals surface area contributed by atoms with Gasteiger partial charge < -0.3 is 9.47 Å². The minimum absolute atomic E-state index is 0.00174. The molecule has 0 unspecified atom stereocenters. The molecular formula is C19H23N3O6S. The molecule has 1 N–H and O–H groups in total. The molecule has 0 radical (unpaired) electrons. The predicted molar refractivity (Wildman–Crippen MR) is 106 cm³/mol. The molecule has 10 heteroatoms. The van der Waals surface area contributed by atoms with Crippen molar-refractivity contribution in [2.45, 2.75) is 10.9 Å². The fraction of sp³-hybridized carbons (Fsp3) is 0.368. The van der Waals surface area contributed by atoms with E-state index in [2.05, 4.69) is 9.62 Å². The van der Waals surface area contributed by atoms with Crippen molar-refractivity contribution < 1.29 is 22.8 Å². The first-order chi connectivity index (χ1) is 13.9. The van der Waals surface area contributed by atoms with Crippen LogP contribution < -0.4 is 9.46 Å². The number of methoxy groups -OCH3 is 1. The fourth-order valence-electron chi connectivity index (χ4n) is 3.17. The molecule has 156 valence electrons. The molecular weight excluding hydrogens is 398 g/mol. The van der Waals surface area contributed by atoms with Crippen molar-refractivity contribution >= 4 is 15.7 Å². The van der Waals surface area contributed by atoms with E-state index in [1.807, 2.05) is 30.3 Å². The third kappa shape index (κ3) is 5.30. The average Bonchev–Trinajstić information content (AvgIpc) is 2.74. The van der Waals surface area contributed by atoms with Crippen LogP contribution in [0.1, 0.15) is 11.6 Å². The average molecular weight is 421 g/mol. The highest BCUT2D eigenvalue weighted by Gasteiger charge is 2.27. The number of hydrogen-bond donors (Lipinski definition) is 1. The van der Waals surface area contributed by atoms with Crippen LogP contribution in [-0.2, 0) is 14.8 Å². The van der Waals surface area contributed by atoms with Crippen LogP contribution in [0.15, 0.2) is 53.4 Å². The number of rotatable bonds is 8. The van der Waals surface area contributed by atoms with Gasteiger partial charge in [-0.2, -0.15) is 0 Å². The number of nitro benzene ring substituents is 1. The Hall–Kier alpha value is -2.53. The zero-order valence-corrected chi connectivity index (χ0v) is 16.8. The third-order valence-corrected chi connectivity index (χ3v) is 6.17. The monoisotopic (exact) mass is 421 g/mol. The van der Waals surface area contributed by atoms with Crippen molar-refractivity contribution in [2.75, 3.05) is 40.0 Å². The van der Waals surface area contributed by atoms with Gasteiger partial charge in [0.2, 0.25) is 10.0 Å². The molecule has 9 nitrogen and oxygen atoms in total. The summed E-state index contributed by atoms with van der Waals surface area (Å²) in [7, 11) is -2.71. The van der Waals surface area contributed by atoms with E-state index in [9.17, 15) is 18.5 Å². The summed E-state index contributed by atoms with van der Waals surface area (Å²) in [6, 6.07) is 12.3. The number of ether oxygens (including phenoxy) is 2. The summed E-state index contributed by atoms with van der Waals surface area (Å²) in [5.41, 5.74) is 0.408. The van der Waals surface area contributed by atoms with Gasteiger partial charge in [0.15, 0.2) is 5.75 Å². The lowest BCUT2D eigenvalue weighted by Gasteiger charge is -2.31. The molecule has 0 amide bonds. The quantitative estimate of drug-likeness (QED) is 0.512. The molecule has 1 aliphatic rings. The largest absolute Gasteiger partial charge is 0.490 e. The standard InChI is InChI=1S/C19H23N3O6S/c1-27-19-8-7-16(13-18(19)22(23)24)29(25,26)20-17(15-5-3-2-4-6-15)14-21-9-11-28-12-10-21/h2-8,13,17,20H,9-12,14H2,1H3/t17-/m0/s1. The van der Waals surface area contributed by atoms with Crippen molar-refractivity contribution in [3.63, 3.8) is 0 Å². The van der Waals surface area contributed by atoms with Gasteiger partial charge in [0.05, 0.1) is 36.2 Å². The number of hydrogen-bond acceptors (Lipinski definition) is 7. The van der Waals surface area contributed by atoms with E-state index in [1.54, 1.807) is 0 Å². The van der Waals surface area contributed by atoms with E-state index in [1.165, 1.54) is 19.2 Å². The van der Waals surface area contributed by atoms with Crippen LogP contribution in [0.25, 0.3) is 0 Å². The molecule has 0 spiro atoms. The Morgan fingerprint density at radius 3 is 2.52 bits per heavy atom. The maximum atomic E-state index is 13.0. The second-order valence-electron chi connectivity index (χ2n) is 6.59. The first-order valence-corrected chi connectivity index (χ1v) is 10.6. The highest BCUT2D eigenvalue weighted by Crippen LogP contribution is 2.30. The van der Waals surface area contributed by atoms with Crippen LogP contribution in [0.2, 0.25) is 0 Å². The lowest BCUT2D eigenvalue weighted by Crippen LogP contribution is -2.43. The van der Waals surface area contributed by atoms with Gasteiger partial charge in [-0.1, -0.05) is 30.3 Å². The zero-order valence-electron chi connectivity index (χ0n) is 16.0. The second kappa shape index (κ2) is 9.31. The van der Waals surface area contributed by atoms with Gasteiger partial charge >= 0.3 is 5.69 Å². The maximum Gasteiger partial charge on any atom is 0.312 e. The normalized spacial score (nSPS) is 16.3. The van der Waals surface area contributed by atoms with Crippen LogP contribution in [-0.4, -0.2) is 58.2 Å². The number of morpholine rings is 1. The molecule has 1 heterocycles. The highest BCUT2D eigenvalue weighted by molar-refractivity contribution is 7.89. The minimum atomic E-state index is -4.01. The van der Waals surface area contributed by atoms with E-state index < -0.39 is 26.7 Å². The van der Waals surface area contributed by atoms with Gasteiger partial charge in [-0.15, -0.1) is 0 Å². The van der Waals surface area contributed by atoms with E-state index in [0.717, 1.165) is 11.6 Å². The smallest absolute Gasteiger partial charge is 0.312 e. The molecule has 1 saturated heterocycles. The van der Waals surface area contributed by atoms with Crippen molar-refractivity contribution in [2.24, 2.45) is 0 Å². The Bertz CT molecular complexity index is 946. The van der Waals surface area contributed by atoms with Gasteiger partial charge in [0.1, 0.15) is 0 Å². The van der Waals surface area contributed by atoms with E-state index in [0.29, 0.717) is 32.8 Å². The lowest BCUT2D eigenvalue weighted by molar-refractivity contribution is -0.386. The predicted octanol–water partition coefficient (Wildman–Crippen LogP) is 1.96. The molecule has 1 fully saturated rings. The summed E-state index contributed by atoms with van der Waals surface area (Å²) < 4.78 is 39.0. The summed E-state index contributed by atoms with van der Waals surface area (Å²) in [6.45, 7) is 3.07. The summed E-state index contributed by atoms with van der Waals surface area (Å²) in [5.74, 6) is 0.00174. The second-order valence-corrected chi connectivity index (χ2v) is 8.30. The first kappa shape index (κ1) is 21.2. The molecule has 3 rings (SSSR count). The molecule has 0 aromatic heterocycles. The Morgan fingerprint density at radius 1 is 1.21 bits per heavy atom. The fourth-order valence-corrected chi connectivity index (χ4v) is 4.41. The molecule has 0 aliphatic carbocycles. The SMILES string of the molecule is COc1ccc(S(=O)(=O)N[C@@H](CN2CCOCC2)c2ccccc2)cc1[N+](=O)[O-]. The number of nitrogens with zero attached hydrogens (tertiary/aromatic N) is 2. The van der Waals surface area contributed by atoms with Gasteiger partial charge in [0.25, 0.3) is 0 Å². The highest BCUT2D eigenvalue weighted by atomic mass is 32.2. The van der Waals surface area contributed by atoms with Gasteiger partial charge in [-0.3, -0.25) is 15.0 Å². The van der Waals surface area contributed by atoms with Crippen LogP contribution >= 0.6 is 0 Å². The van der Waals surface area contributed by atoms with Crippen LogP contribution in [0.4, 0.5) is 5.69 Å². The Labute approximate surface area is 169 Å². The summed E-state index contributed by atoms with van der Waals surface area (Å²) in [4.78, 5) is 12.5. The Kier molecular flexibility index (Phi) is 6.80. The Balaban J connectivity index is 1.89. The van der Waals surface area contributed by atoms with Crippen LogP contribution in [0.5, 0.6) is 5.75 Å². The van der Waals surface area contributed by atoms with E-state index >= 15 is 0 Å². The summed E-state index contributed by atoms with van der Waals surface area (Å²) in [6.07, 6.45) is 0. The topological polar surface area (TPSA) is 111 Å². The number of nitro groups is 1. The molecule has 1 atom stereocenters. The van der Waals surface area contributed by atoms with Crippen LogP contribution in [0, 0.1) is 10.1 Å². The van der Waals surface area contributed by atoms with E-state index in [-0.39, 0.29) is 10.6 Å². The summed E-state index contributed by atoms with van der Waals surface area (Å²) in [5, 5.41) is 11.3. The van der Waals surface area contributed by atoms with Crippen molar-refractivity contribution in [1.29, 1.82) is 0 Å². The van der Waals surface area contributed by atoms with Crippen molar-refractivity contribution in [3.8, 4) is 5.75 Å². The van der Waals surface area contributed by atoms with Crippen LogP contribution in [0.3, 0.4) is 0 Å². The number of nitrogens with one attached hydrogen (secondary N) is 1. The zero-order chi connectivity index (χ0) is 20.9. The van der Waals surface area contributed by atoms with Gasteiger partial charge in [-0.25, -0.2) is 13.1 Å². The molecule has 0 saturated carbocycles.